The molecule has 0 spiro atoms. The zero-order chi connectivity index (χ0) is 29.7. The maximum Gasteiger partial charge on any atom is 0.343 e. The molecule has 4 aromatic rings. The average molecular weight is 567 g/mol. The second kappa shape index (κ2) is 15.5. The monoisotopic (exact) mass is 566 g/mol. The molecule has 0 bridgehead atoms. The van der Waals surface area contributed by atoms with Crippen molar-refractivity contribution in [2.75, 3.05) is 0 Å². The molecule has 7 nitrogen and oxygen atoms in total. The molecule has 1 aromatic heterocycles. The fraction of sp³-hybridized carbons (Fsp3) is 0.314. The lowest BCUT2D eigenvalue weighted by Gasteiger charge is -2.14. The minimum absolute atomic E-state index is 0.186. The fourth-order valence-corrected chi connectivity index (χ4v) is 4.56. The lowest BCUT2D eigenvalue weighted by molar-refractivity contribution is -0.148. The van der Waals surface area contributed by atoms with Crippen molar-refractivity contribution in [3.63, 3.8) is 0 Å². The third-order valence-corrected chi connectivity index (χ3v) is 7.08. The first kappa shape index (κ1) is 30.4. The van der Waals surface area contributed by atoms with Crippen LogP contribution in [-0.2, 0) is 9.53 Å². The van der Waals surface area contributed by atoms with Crippen LogP contribution < -0.4 is 4.74 Å². The van der Waals surface area contributed by atoms with E-state index in [1.54, 1.807) is 85.2 Å². The van der Waals surface area contributed by atoms with Crippen LogP contribution in [0.5, 0.6) is 11.5 Å². The molecular formula is C35H38N2O5. The number of hydrogen-bond donors (Lipinski definition) is 1. The molecular weight excluding hydrogens is 528 g/mol. The number of rotatable bonds is 14. The number of esters is 2. The minimum Gasteiger partial charge on any atom is -0.508 e. The summed E-state index contributed by atoms with van der Waals surface area (Å²) in [5, 5.41) is 9.47. The van der Waals surface area contributed by atoms with Crippen molar-refractivity contribution >= 4 is 11.9 Å². The molecule has 1 atom stereocenters. The van der Waals surface area contributed by atoms with E-state index < -0.39 is 5.97 Å². The van der Waals surface area contributed by atoms with E-state index in [1.807, 2.05) is 6.92 Å². The van der Waals surface area contributed by atoms with Crippen molar-refractivity contribution < 1.29 is 24.2 Å². The van der Waals surface area contributed by atoms with Gasteiger partial charge in [0, 0.05) is 29.9 Å². The van der Waals surface area contributed by atoms with Gasteiger partial charge in [-0.1, -0.05) is 81.8 Å². The highest BCUT2D eigenvalue weighted by atomic mass is 16.5. The second-order valence-corrected chi connectivity index (χ2v) is 10.4. The van der Waals surface area contributed by atoms with Crippen molar-refractivity contribution in [3.05, 3.63) is 96.3 Å². The highest BCUT2D eigenvalue weighted by Crippen LogP contribution is 2.24. The van der Waals surface area contributed by atoms with Gasteiger partial charge in [-0.2, -0.15) is 0 Å². The Bertz CT molecular complexity index is 1420. The molecule has 4 rings (SSSR count). The predicted molar refractivity (Wildman–Crippen MR) is 163 cm³/mol. The number of carbonyl (C=O) groups excluding carboxylic acids is 2. The van der Waals surface area contributed by atoms with Crippen LogP contribution in [0.25, 0.3) is 22.5 Å². The number of aromatic nitrogens is 2. The summed E-state index contributed by atoms with van der Waals surface area (Å²) in [6, 6.07) is 20.7. The largest absolute Gasteiger partial charge is 0.508 e. The van der Waals surface area contributed by atoms with Gasteiger partial charge >= 0.3 is 11.9 Å². The van der Waals surface area contributed by atoms with Gasteiger partial charge in [-0.25, -0.2) is 14.8 Å². The van der Waals surface area contributed by atoms with E-state index in [0.29, 0.717) is 23.6 Å². The molecule has 0 amide bonds. The fourth-order valence-electron chi connectivity index (χ4n) is 4.56. The zero-order valence-electron chi connectivity index (χ0n) is 24.3. The highest BCUT2D eigenvalue weighted by molar-refractivity contribution is 5.91. The maximum atomic E-state index is 12.7. The first-order valence-electron chi connectivity index (χ1n) is 14.7. The molecule has 0 saturated carbocycles. The standard InChI is InChI=1S/C35H38N2O5/c1-3-4-5-6-7-8-9-10-33(39)41-25(2)26-17-21-32(22-18-26)42-35(40)29-13-11-28(12-14-29)34-36-23-30(24-37-34)27-15-19-31(38)20-16-27/h11-25,38H,3-10H2,1-2H3. The number of ether oxygens (including phenoxy) is 2. The Balaban J connectivity index is 1.24. The van der Waals surface area contributed by atoms with Crippen LogP contribution in [0.4, 0.5) is 0 Å². The number of aromatic hydroxyl groups is 1. The van der Waals surface area contributed by atoms with Crippen LogP contribution >= 0.6 is 0 Å². The summed E-state index contributed by atoms with van der Waals surface area (Å²) in [6.45, 7) is 4.05. The van der Waals surface area contributed by atoms with Gasteiger partial charge in [0.2, 0.25) is 0 Å². The molecule has 218 valence electrons. The summed E-state index contributed by atoms with van der Waals surface area (Å²) >= 11 is 0. The Labute approximate surface area is 247 Å². The Hall–Kier alpha value is -4.52. The normalized spacial score (nSPS) is 11.6. The van der Waals surface area contributed by atoms with Gasteiger partial charge in [0.05, 0.1) is 5.56 Å². The molecule has 0 aliphatic rings. The smallest absolute Gasteiger partial charge is 0.343 e. The van der Waals surface area contributed by atoms with Crippen LogP contribution in [0.2, 0.25) is 0 Å². The van der Waals surface area contributed by atoms with E-state index in [-0.39, 0.29) is 17.8 Å². The Morgan fingerprint density at radius 2 is 1.33 bits per heavy atom. The van der Waals surface area contributed by atoms with E-state index in [4.69, 9.17) is 9.47 Å². The highest BCUT2D eigenvalue weighted by Gasteiger charge is 2.14. The predicted octanol–water partition coefficient (Wildman–Crippen LogP) is 8.48. The van der Waals surface area contributed by atoms with E-state index in [2.05, 4.69) is 16.9 Å². The molecule has 0 aliphatic heterocycles. The quantitative estimate of drug-likeness (QED) is 0.0928. The van der Waals surface area contributed by atoms with E-state index in [9.17, 15) is 14.7 Å². The summed E-state index contributed by atoms with van der Waals surface area (Å²) in [5.41, 5.74) is 3.74. The van der Waals surface area contributed by atoms with E-state index in [0.717, 1.165) is 35.1 Å². The number of nitrogens with zero attached hydrogens (tertiary/aromatic N) is 2. The van der Waals surface area contributed by atoms with Gasteiger partial charge in [0.25, 0.3) is 0 Å². The molecule has 1 N–H and O–H groups in total. The van der Waals surface area contributed by atoms with Crippen LogP contribution in [0.1, 0.15) is 87.2 Å². The zero-order valence-corrected chi connectivity index (χ0v) is 24.3. The van der Waals surface area contributed by atoms with Crippen LogP contribution in [0.15, 0.2) is 85.2 Å². The maximum absolute atomic E-state index is 12.7. The van der Waals surface area contributed by atoms with Crippen LogP contribution in [0, 0.1) is 0 Å². The summed E-state index contributed by atoms with van der Waals surface area (Å²) < 4.78 is 11.1. The number of benzene rings is 3. The Morgan fingerprint density at radius 1 is 0.738 bits per heavy atom. The first-order chi connectivity index (χ1) is 20.4. The molecule has 3 aromatic carbocycles. The van der Waals surface area contributed by atoms with Crippen molar-refractivity contribution in [3.8, 4) is 34.0 Å². The van der Waals surface area contributed by atoms with Crippen molar-refractivity contribution in [1.29, 1.82) is 0 Å². The third-order valence-electron chi connectivity index (χ3n) is 7.08. The van der Waals surface area contributed by atoms with Gasteiger partial charge in [-0.05, 0) is 60.9 Å². The van der Waals surface area contributed by atoms with Crippen molar-refractivity contribution in [2.45, 2.75) is 71.3 Å². The minimum atomic E-state index is -0.480. The molecule has 42 heavy (non-hydrogen) atoms. The van der Waals surface area contributed by atoms with Gasteiger partial charge in [-0.3, -0.25) is 4.79 Å². The second-order valence-electron chi connectivity index (χ2n) is 10.4. The molecule has 7 heteroatoms. The molecule has 0 radical (unpaired) electrons. The van der Waals surface area contributed by atoms with Crippen LogP contribution in [-0.4, -0.2) is 27.0 Å². The third kappa shape index (κ3) is 8.99. The van der Waals surface area contributed by atoms with Gasteiger partial charge in [0.15, 0.2) is 5.82 Å². The Kier molecular flexibility index (Phi) is 11.2. The lowest BCUT2D eigenvalue weighted by atomic mass is 10.1. The SMILES string of the molecule is CCCCCCCCCC(=O)OC(C)c1ccc(OC(=O)c2ccc(-c3ncc(-c4ccc(O)cc4)cn3)cc2)cc1. The van der Waals surface area contributed by atoms with Crippen molar-refractivity contribution in [2.24, 2.45) is 0 Å². The van der Waals surface area contributed by atoms with Gasteiger partial charge < -0.3 is 14.6 Å². The van der Waals surface area contributed by atoms with E-state index in [1.165, 1.54) is 32.1 Å². The number of phenolic OH excluding ortho intramolecular Hbond substituents is 1. The first-order valence-corrected chi connectivity index (χ1v) is 14.7. The summed E-state index contributed by atoms with van der Waals surface area (Å²) in [7, 11) is 0. The molecule has 0 fully saturated rings. The summed E-state index contributed by atoms with van der Waals surface area (Å²) in [5.74, 6) is 0.474. The molecule has 1 unspecified atom stereocenters. The van der Waals surface area contributed by atoms with Gasteiger partial charge in [0.1, 0.15) is 17.6 Å². The molecule has 0 aliphatic carbocycles. The van der Waals surface area contributed by atoms with Crippen molar-refractivity contribution in [1.82, 2.24) is 9.97 Å². The number of hydrogen-bond acceptors (Lipinski definition) is 7. The lowest BCUT2D eigenvalue weighted by Crippen LogP contribution is -2.10. The van der Waals surface area contributed by atoms with Gasteiger partial charge in [-0.15, -0.1) is 0 Å². The number of phenols is 1. The Morgan fingerprint density at radius 3 is 1.98 bits per heavy atom. The molecule has 0 saturated heterocycles. The summed E-state index contributed by atoms with van der Waals surface area (Å²) in [6.07, 6.45) is 11.6. The summed E-state index contributed by atoms with van der Waals surface area (Å²) in [4.78, 5) is 33.8. The average Bonchev–Trinajstić information content (AvgIpc) is 3.01. The van der Waals surface area contributed by atoms with E-state index >= 15 is 0 Å². The molecule has 1 heterocycles. The number of unbranched alkanes of at least 4 members (excludes halogenated alkanes) is 6. The number of carbonyl (C=O) groups is 2. The topological polar surface area (TPSA) is 98.6 Å². The van der Waals surface area contributed by atoms with Crippen LogP contribution in [0.3, 0.4) is 0 Å².